The van der Waals surface area contributed by atoms with Crippen LogP contribution in [0.3, 0.4) is 0 Å². The van der Waals surface area contributed by atoms with E-state index in [1.165, 1.54) is 0 Å². The van der Waals surface area contributed by atoms with Crippen molar-refractivity contribution in [3.05, 3.63) is 0 Å². The Balaban J connectivity index is 0.000000802. The van der Waals surface area contributed by atoms with E-state index in [0.717, 1.165) is 0 Å². The minimum Gasteiger partial charge on any atom is -0.745 e. The molecule has 2 saturated carbocycles. The largest absolute Gasteiger partial charge is 2.00 e. The Hall–Kier alpha value is -1.10. The summed E-state index contributed by atoms with van der Waals surface area (Å²) in [5, 5.41) is -15.0. The van der Waals surface area contributed by atoms with E-state index in [2.05, 4.69) is 0 Å². The Morgan fingerprint density at radius 2 is 0.372 bits per heavy atom. The Bertz CT molecular complexity index is 1180. The van der Waals surface area contributed by atoms with Gasteiger partial charge in [0, 0.05) is 0 Å². The Morgan fingerprint density at radius 1 is 0.279 bits per heavy atom. The molecule has 0 aromatic carbocycles. The molecule has 0 unspecified atom stereocenters. The van der Waals surface area contributed by atoms with E-state index in [1.807, 2.05) is 0 Å². The van der Waals surface area contributed by atoms with Crippen molar-refractivity contribution < 1.29 is 142 Å². The molecule has 0 bridgehead atoms. The van der Waals surface area contributed by atoms with Crippen molar-refractivity contribution in [1.82, 2.24) is 0 Å². The Labute approximate surface area is 232 Å². The predicted octanol–water partition coefficient (Wildman–Crippen LogP) is 4.77. The van der Waals surface area contributed by atoms with Crippen LogP contribution in [0.4, 0.5) is 96.6 Å². The molecule has 2 aliphatic carbocycles. The number of hydrogen-bond acceptors (Lipinski definition) is 6. The molecular formula is C12F22O6S2Zn. The first-order valence-electron chi connectivity index (χ1n) is 8.57. The zero-order chi connectivity index (χ0) is 35.0. The van der Waals surface area contributed by atoms with Crippen LogP contribution in [0.2, 0.25) is 0 Å². The van der Waals surface area contributed by atoms with Crippen LogP contribution in [0.5, 0.6) is 0 Å². The molecular weight excluding hydrogens is 788 g/mol. The third-order valence-corrected chi connectivity index (χ3v) is 7.86. The summed E-state index contributed by atoms with van der Waals surface area (Å²) >= 11 is 0. The van der Waals surface area contributed by atoms with Gasteiger partial charge >= 0.3 is 88.7 Å². The third kappa shape index (κ3) is 3.97. The van der Waals surface area contributed by atoms with Crippen LogP contribution in [0.25, 0.3) is 0 Å². The SMILES string of the molecule is O=S(=O)([O-])C1(F)C(F)(F)C(F)(F)C(F)(F)C(F)(F)C1(F)F.O=S(=O)([O-])C1(F)C(F)(F)C(F)(F)C(F)(F)C(F)(F)C1(F)F.[Zn+2]. The van der Waals surface area contributed by atoms with Gasteiger partial charge in [0.2, 0.25) is 0 Å². The normalized spacial score (nSPS) is 30.9. The van der Waals surface area contributed by atoms with Crippen molar-refractivity contribution >= 4 is 20.2 Å². The fraction of sp³-hybridized carbons (Fsp3) is 1.00. The summed E-state index contributed by atoms with van der Waals surface area (Å²) in [6.45, 7) is 0. The van der Waals surface area contributed by atoms with Crippen LogP contribution in [0, 0.1) is 0 Å². The molecule has 0 radical (unpaired) electrons. The van der Waals surface area contributed by atoms with E-state index >= 15 is 0 Å². The summed E-state index contributed by atoms with van der Waals surface area (Å²) in [6, 6.07) is 0. The van der Waals surface area contributed by atoms with Gasteiger partial charge in [0.05, 0.1) is 0 Å². The maximum absolute atomic E-state index is 13.3. The van der Waals surface area contributed by atoms with E-state index in [9.17, 15) is 123 Å². The van der Waals surface area contributed by atoms with Crippen molar-refractivity contribution in [2.45, 2.75) is 69.2 Å². The molecule has 0 atom stereocenters. The van der Waals surface area contributed by atoms with Gasteiger partial charge in [-0.05, 0) is 0 Å². The Morgan fingerprint density at radius 3 is 0.465 bits per heavy atom. The van der Waals surface area contributed by atoms with E-state index < -0.39 is 89.5 Å². The number of halogens is 22. The van der Waals surface area contributed by atoms with Crippen molar-refractivity contribution in [3.63, 3.8) is 0 Å². The second-order valence-corrected chi connectivity index (χ2v) is 10.8. The van der Waals surface area contributed by atoms with Crippen LogP contribution in [-0.4, -0.2) is 95.2 Å². The molecule has 0 amide bonds. The molecule has 2 rings (SSSR count). The van der Waals surface area contributed by atoms with Gasteiger partial charge in [-0.1, -0.05) is 0 Å². The summed E-state index contributed by atoms with van der Waals surface area (Å²) in [5.74, 6) is -76.1. The van der Waals surface area contributed by atoms with Crippen LogP contribution in [0.1, 0.15) is 0 Å². The third-order valence-electron chi connectivity index (χ3n) is 5.46. The van der Waals surface area contributed by atoms with Crippen molar-refractivity contribution in [2.24, 2.45) is 0 Å². The molecule has 0 spiro atoms. The maximum Gasteiger partial charge on any atom is 2.00 e. The number of alkyl halides is 22. The van der Waals surface area contributed by atoms with Gasteiger partial charge in [0.1, 0.15) is 20.2 Å². The summed E-state index contributed by atoms with van der Waals surface area (Å²) < 4.78 is 342. The quantitative estimate of drug-likeness (QED) is 0.227. The van der Waals surface area contributed by atoms with Crippen LogP contribution in [0.15, 0.2) is 0 Å². The van der Waals surface area contributed by atoms with Gasteiger partial charge in [0.15, 0.2) is 0 Å². The van der Waals surface area contributed by atoms with Crippen molar-refractivity contribution in [1.29, 1.82) is 0 Å². The number of hydrogen-bond donors (Lipinski definition) is 0. The average Bonchev–Trinajstić information content (AvgIpc) is 2.73. The van der Waals surface area contributed by atoms with Crippen molar-refractivity contribution in [2.75, 3.05) is 0 Å². The fourth-order valence-corrected chi connectivity index (χ4v) is 4.78. The molecule has 2 aliphatic rings. The smallest absolute Gasteiger partial charge is 0.745 e. The molecule has 0 aromatic heterocycles. The van der Waals surface area contributed by atoms with E-state index in [1.54, 1.807) is 0 Å². The maximum atomic E-state index is 13.3. The topological polar surface area (TPSA) is 114 Å². The molecule has 0 N–H and O–H groups in total. The minimum atomic E-state index is -7.94. The molecule has 31 heteroatoms. The van der Waals surface area contributed by atoms with Crippen LogP contribution < -0.4 is 0 Å². The van der Waals surface area contributed by atoms with Crippen LogP contribution >= 0.6 is 0 Å². The monoisotopic (exact) mass is 786 g/mol. The number of rotatable bonds is 2. The second kappa shape index (κ2) is 9.48. The zero-order valence-corrected chi connectivity index (χ0v) is 22.9. The van der Waals surface area contributed by atoms with Gasteiger partial charge < -0.3 is 9.11 Å². The first-order chi connectivity index (χ1) is 17.5. The van der Waals surface area contributed by atoms with Gasteiger partial charge in [-0.25, -0.2) is 25.6 Å². The predicted molar refractivity (Wildman–Crippen MR) is 76.5 cm³/mol. The first kappa shape index (κ1) is 41.9. The van der Waals surface area contributed by atoms with Crippen molar-refractivity contribution in [3.8, 4) is 0 Å². The Kier molecular flexibility index (Phi) is 9.23. The standard InChI is InChI=1S/2C6HF11O3S.Zn/c2*7-1(8)2(9,10)4(13,14)6(17,21(18,19)20)5(15,16)3(1,11)12;/h2*(H,18,19,20);/q;;+2/p-2. The van der Waals surface area contributed by atoms with E-state index in [-0.39, 0.29) is 19.5 Å². The molecule has 2 fully saturated rings. The summed E-state index contributed by atoms with van der Waals surface area (Å²) in [6.07, 6.45) is 0. The zero-order valence-electron chi connectivity index (χ0n) is 18.3. The molecule has 252 valence electrons. The van der Waals surface area contributed by atoms with Crippen LogP contribution in [-0.2, 0) is 39.7 Å². The first-order valence-corrected chi connectivity index (χ1v) is 11.4. The van der Waals surface area contributed by atoms with Gasteiger partial charge in [-0.15, -0.1) is 0 Å². The molecule has 0 aliphatic heterocycles. The molecule has 0 heterocycles. The summed E-state index contributed by atoms with van der Waals surface area (Å²) in [4.78, 5) is 0. The van der Waals surface area contributed by atoms with E-state index in [4.69, 9.17) is 0 Å². The average molecular weight is 788 g/mol. The fourth-order valence-electron chi connectivity index (χ4n) is 3.01. The molecule has 0 saturated heterocycles. The van der Waals surface area contributed by atoms with E-state index in [0.29, 0.717) is 0 Å². The van der Waals surface area contributed by atoms with Gasteiger partial charge in [-0.2, -0.15) is 87.8 Å². The van der Waals surface area contributed by atoms with Gasteiger partial charge in [-0.3, -0.25) is 0 Å². The minimum absolute atomic E-state index is 0. The van der Waals surface area contributed by atoms with Gasteiger partial charge in [0.25, 0.3) is 0 Å². The summed E-state index contributed by atoms with van der Waals surface area (Å²) in [7, 11) is -15.9. The molecule has 6 nitrogen and oxygen atoms in total. The second-order valence-electron chi connectivity index (χ2n) is 7.84. The molecule has 0 aromatic rings. The summed E-state index contributed by atoms with van der Waals surface area (Å²) in [5.41, 5.74) is 0. The molecule has 43 heavy (non-hydrogen) atoms.